The van der Waals surface area contributed by atoms with Crippen LogP contribution in [-0.4, -0.2) is 14.8 Å². The predicted octanol–water partition coefficient (Wildman–Crippen LogP) is 3.35. The van der Waals surface area contributed by atoms with Crippen LogP contribution in [0.1, 0.15) is 12.5 Å². The van der Waals surface area contributed by atoms with Crippen molar-refractivity contribution in [1.29, 1.82) is 0 Å². The molecular formula is C13H11Cl2N3O2. The third-order valence-electron chi connectivity index (χ3n) is 2.92. The highest BCUT2D eigenvalue weighted by Gasteiger charge is 2.42. The Hall–Kier alpha value is -1.72. The largest absolute Gasteiger partial charge is 0.451 e. The molecule has 0 aliphatic carbocycles. The molecule has 1 aromatic carbocycles. The lowest BCUT2D eigenvalue weighted by atomic mass is 10.1. The van der Waals surface area contributed by atoms with Gasteiger partial charge in [-0.05, 0) is 25.1 Å². The molecule has 1 aromatic heterocycles. The van der Waals surface area contributed by atoms with E-state index in [1.165, 1.54) is 6.33 Å². The number of hydrogen-bond donors (Lipinski definition) is 0. The summed E-state index contributed by atoms with van der Waals surface area (Å²) in [5.74, 6) is -0.393. The average molecular weight is 312 g/mol. The SMILES string of the molecule is CC1=COC(Cn2cncn2)(c2ccc(Cl)cc2Cl)O1. The molecule has 0 saturated carbocycles. The van der Waals surface area contributed by atoms with Gasteiger partial charge in [-0.1, -0.05) is 23.2 Å². The van der Waals surface area contributed by atoms with Crippen molar-refractivity contribution in [2.24, 2.45) is 0 Å². The summed E-state index contributed by atoms with van der Waals surface area (Å²) in [7, 11) is 0. The third kappa shape index (κ3) is 2.34. The van der Waals surface area contributed by atoms with Gasteiger partial charge in [-0.25, -0.2) is 9.67 Å². The maximum atomic E-state index is 6.27. The molecule has 2 aromatic rings. The van der Waals surface area contributed by atoms with Crippen molar-refractivity contribution in [2.45, 2.75) is 19.3 Å². The van der Waals surface area contributed by atoms with E-state index < -0.39 is 5.79 Å². The number of allylic oxidation sites excluding steroid dienone is 1. The van der Waals surface area contributed by atoms with Crippen LogP contribution in [0.3, 0.4) is 0 Å². The number of aromatic nitrogens is 3. The van der Waals surface area contributed by atoms with E-state index in [4.69, 9.17) is 32.7 Å². The first-order valence-electron chi connectivity index (χ1n) is 5.91. The van der Waals surface area contributed by atoms with E-state index >= 15 is 0 Å². The van der Waals surface area contributed by atoms with Gasteiger partial charge in [0.15, 0.2) is 0 Å². The van der Waals surface area contributed by atoms with Gasteiger partial charge in [-0.15, -0.1) is 0 Å². The van der Waals surface area contributed by atoms with Gasteiger partial charge in [0.25, 0.3) is 5.79 Å². The molecule has 0 saturated heterocycles. The fourth-order valence-corrected chi connectivity index (χ4v) is 2.64. The minimum atomic E-state index is -1.06. The molecular weight excluding hydrogens is 301 g/mol. The molecule has 20 heavy (non-hydrogen) atoms. The summed E-state index contributed by atoms with van der Waals surface area (Å²) < 4.78 is 13.2. The molecule has 1 aliphatic rings. The number of ether oxygens (including phenoxy) is 2. The first-order valence-corrected chi connectivity index (χ1v) is 6.66. The maximum Gasteiger partial charge on any atom is 0.298 e. The Bertz CT molecular complexity index is 658. The summed E-state index contributed by atoms with van der Waals surface area (Å²) in [6.45, 7) is 2.13. The number of benzene rings is 1. The highest BCUT2D eigenvalue weighted by molar-refractivity contribution is 6.35. The molecule has 7 heteroatoms. The van der Waals surface area contributed by atoms with Crippen molar-refractivity contribution in [2.75, 3.05) is 0 Å². The first-order chi connectivity index (χ1) is 9.59. The maximum absolute atomic E-state index is 6.27. The summed E-state index contributed by atoms with van der Waals surface area (Å²) in [6, 6.07) is 5.18. The number of hydrogen-bond acceptors (Lipinski definition) is 4. The van der Waals surface area contributed by atoms with E-state index in [2.05, 4.69) is 10.1 Å². The average Bonchev–Trinajstić information content (AvgIpc) is 3.00. The normalized spacial score (nSPS) is 21.2. The monoisotopic (exact) mass is 311 g/mol. The molecule has 0 radical (unpaired) electrons. The molecule has 0 spiro atoms. The zero-order valence-electron chi connectivity index (χ0n) is 10.6. The van der Waals surface area contributed by atoms with Crippen molar-refractivity contribution in [3.05, 3.63) is 58.5 Å². The molecule has 0 fully saturated rings. The van der Waals surface area contributed by atoms with Crippen LogP contribution < -0.4 is 0 Å². The molecule has 0 bridgehead atoms. The van der Waals surface area contributed by atoms with Gasteiger partial charge >= 0.3 is 0 Å². The topological polar surface area (TPSA) is 49.2 Å². The molecule has 3 rings (SSSR count). The number of rotatable bonds is 3. The van der Waals surface area contributed by atoms with Crippen LogP contribution in [0.2, 0.25) is 10.0 Å². The molecule has 2 heterocycles. The van der Waals surface area contributed by atoms with Crippen molar-refractivity contribution in [3.8, 4) is 0 Å². The zero-order valence-corrected chi connectivity index (χ0v) is 12.1. The van der Waals surface area contributed by atoms with Crippen LogP contribution in [0.15, 0.2) is 42.9 Å². The van der Waals surface area contributed by atoms with Gasteiger partial charge < -0.3 is 9.47 Å². The predicted molar refractivity (Wildman–Crippen MR) is 74.1 cm³/mol. The first kappa shape index (κ1) is 13.3. The van der Waals surface area contributed by atoms with Crippen LogP contribution in [0, 0.1) is 0 Å². The second kappa shape index (κ2) is 5.00. The Morgan fingerprint density at radius 1 is 1.35 bits per heavy atom. The Labute approximate surface area is 125 Å². The van der Waals surface area contributed by atoms with Crippen LogP contribution in [0.4, 0.5) is 0 Å². The fraction of sp³-hybridized carbons (Fsp3) is 0.231. The van der Waals surface area contributed by atoms with E-state index in [1.807, 2.05) is 6.92 Å². The summed E-state index contributed by atoms with van der Waals surface area (Å²) in [5.41, 5.74) is 0.687. The van der Waals surface area contributed by atoms with Gasteiger partial charge in [0.2, 0.25) is 0 Å². The lowest BCUT2D eigenvalue weighted by Crippen LogP contribution is -2.33. The van der Waals surface area contributed by atoms with Crippen LogP contribution in [0.5, 0.6) is 0 Å². The van der Waals surface area contributed by atoms with Gasteiger partial charge in [-0.3, -0.25) is 0 Å². The smallest absolute Gasteiger partial charge is 0.298 e. The highest BCUT2D eigenvalue weighted by atomic mass is 35.5. The lowest BCUT2D eigenvalue weighted by molar-refractivity contribution is -0.168. The number of nitrogens with zero attached hydrogens (tertiary/aromatic N) is 3. The summed E-state index contributed by atoms with van der Waals surface area (Å²) in [5, 5.41) is 5.10. The molecule has 1 aliphatic heterocycles. The van der Waals surface area contributed by atoms with Crippen LogP contribution in [0.25, 0.3) is 0 Å². The van der Waals surface area contributed by atoms with Gasteiger partial charge in [0.1, 0.15) is 31.2 Å². The zero-order chi connectivity index (χ0) is 14.2. The van der Waals surface area contributed by atoms with Crippen molar-refractivity contribution < 1.29 is 9.47 Å². The summed E-state index contributed by atoms with van der Waals surface area (Å²) in [4.78, 5) is 3.91. The molecule has 5 nitrogen and oxygen atoms in total. The Kier molecular flexibility index (Phi) is 3.31. The highest BCUT2D eigenvalue weighted by Crippen LogP contribution is 2.40. The van der Waals surface area contributed by atoms with E-state index in [1.54, 1.807) is 35.5 Å². The Morgan fingerprint density at radius 2 is 2.20 bits per heavy atom. The quantitative estimate of drug-likeness (QED) is 0.872. The van der Waals surface area contributed by atoms with Gasteiger partial charge in [0.05, 0.1) is 10.6 Å². The molecule has 104 valence electrons. The lowest BCUT2D eigenvalue weighted by Gasteiger charge is -2.29. The molecule has 0 amide bonds. The Balaban J connectivity index is 2.02. The van der Waals surface area contributed by atoms with Crippen molar-refractivity contribution in [3.63, 3.8) is 0 Å². The van der Waals surface area contributed by atoms with E-state index in [9.17, 15) is 0 Å². The van der Waals surface area contributed by atoms with Gasteiger partial charge in [0, 0.05) is 5.02 Å². The van der Waals surface area contributed by atoms with E-state index in [-0.39, 0.29) is 0 Å². The minimum absolute atomic E-state index is 0.322. The number of halogens is 2. The van der Waals surface area contributed by atoms with E-state index in [0.717, 1.165) is 0 Å². The Morgan fingerprint density at radius 3 is 2.80 bits per heavy atom. The summed E-state index contributed by atoms with van der Waals surface area (Å²) in [6.07, 6.45) is 4.60. The molecule has 0 N–H and O–H groups in total. The van der Waals surface area contributed by atoms with Crippen LogP contribution >= 0.6 is 23.2 Å². The second-order valence-electron chi connectivity index (χ2n) is 4.42. The second-order valence-corrected chi connectivity index (χ2v) is 5.26. The van der Waals surface area contributed by atoms with Crippen molar-refractivity contribution in [1.82, 2.24) is 14.8 Å². The van der Waals surface area contributed by atoms with E-state index in [0.29, 0.717) is 27.9 Å². The third-order valence-corrected chi connectivity index (χ3v) is 3.47. The standard InChI is InChI=1S/C13H11Cl2N3O2/c1-9-5-19-13(20-9,6-18-8-16-7-17-18)11-3-2-10(14)4-12(11)15/h2-5,7-8H,6H2,1H3. The van der Waals surface area contributed by atoms with Gasteiger partial charge in [-0.2, -0.15) is 5.10 Å². The van der Waals surface area contributed by atoms with Crippen molar-refractivity contribution >= 4 is 23.2 Å². The van der Waals surface area contributed by atoms with Crippen LogP contribution in [-0.2, 0) is 21.8 Å². The minimum Gasteiger partial charge on any atom is -0.451 e. The molecule has 1 unspecified atom stereocenters. The summed E-state index contributed by atoms with van der Waals surface area (Å²) >= 11 is 12.2. The molecule has 1 atom stereocenters. The fourth-order valence-electron chi connectivity index (χ4n) is 2.09.